The number of hydrogen-bond acceptors (Lipinski definition) is 3. The molecule has 1 aromatic rings. The third-order valence-corrected chi connectivity index (χ3v) is 4.16. The summed E-state index contributed by atoms with van der Waals surface area (Å²) in [7, 11) is 0. The number of ether oxygens (including phenoxy) is 1. The van der Waals surface area contributed by atoms with Crippen LogP contribution in [0.5, 0.6) is 0 Å². The quantitative estimate of drug-likeness (QED) is 0.477. The Labute approximate surface area is 141 Å². The third-order valence-electron chi connectivity index (χ3n) is 3.80. The Morgan fingerprint density at radius 3 is 2.57 bits per heavy atom. The molecule has 1 aromatic carbocycles. The molecule has 0 spiro atoms. The molecular formula is C16H23ClN3O3+. The highest BCUT2D eigenvalue weighted by Crippen LogP contribution is 2.14. The molecule has 7 heteroatoms. The van der Waals surface area contributed by atoms with Crippen molar-refractivity contribution in [1.82, 2.24) is 10.6 Å². The number of amides is 2. The van der Waals surface area contributed by atoms with Crippen LogP contribution in [0, 0.1) is 0 Å². The number of halogens is 1. The summed E-state index contributed by atoms with van der Waals surface area (Å²) in [5.41, 5.74) is 0.784. The molecule has 2 rings (SSSR count). The summed E-state index contributed by atoms with van der Waals surface area (Å²) in [6, 6.07) is 7.21. The van der Waals surface area contributed by atoms with Crippen LogP contribution in [0.2, 0.25) is 5.02 Å². The Morgan fingerprint density at radius 2 is 1.83 bits per heavy atom. The van der Waals surface area contributed by atoms with Gasteiger partial charge in [0.1, 0.15) is 13.1 Å². The maximum absolute atomic E-state index is 11.7. The summed E-state index contributed by atoms with van der Waals surface area (Å²) in [6.45, 7) is 5.33. The van der Waals surface area contributed by atoms with E-state index in [2.05, 4.69) is 10.6 Å². The molecule has 0 aliphatic carbocycles. The Morgan fingerprint density at radius 1 is 1.13 bits per heavy atom. The van der Waals surface area contributed by atoms with E-state index in [-0.39, 0.29) is 6.54 Å². The van der Waals surface area contributed by atoms with E-state index >= 15 is 0 Å². The van der Waals surface area contributed by atoms with Gasteiger partial charge in [-0.3, -0.25) is 9.59 Å². The first kappa shape index (κ1) is 17.7. The van der Waals surface area contributed by atoms with Crippen LogP contribution < -0.4 is 15.5 Å². The van der Waals surface area contributed by atoms with Gasteiger partial charge < -0.3 is 20.3 Å². The number of nitrogens with one attached hydrogen (secondary N) is 3. The van der Waals surface area contributed by atoms with Gasteiger partial charge in [-0.1, -0.05) is 29.8 Å². The van der Waals surface area contributed by atoms with Crippen LogP contribution in [0.3, 0.4) is 0 Å². The van der Waals surface area contributed by atoms with Crippen LogP contribution >= 0.6 is 11.6 Å². The van der Waals surface area contributed by atoms with E-state index in [0.29, 0.717) is 11.6 Å². The number of hydrogen-bond donors (Lipinski definition) is 3. The van der Waals surface area contributed by atoms with Gasteiger partial charge in [0.15, 0.2) is 0 Å². The van der Waals surface area contributed by atoms with E-state index in [1.165, 1.54) is 4.90 Å². The lowest BCUT2D eigenvalue weighted by Crippen LogP contribution is -3.14. The molecule has 0 atom stereocenters. The molecule has 1 aliphatic heterocycles. The van der Waals surface area contributed by atoms with Crippen molar-refractivity contribution in [2.45, 2.75) is 13.0 Å². The highest BCUT2D eigenvalue weighted by Gasteiger charge is 2.15. The Bertz CT molecular complexity index is 533. The Hall–Kier alpha value is -1.63. The van der Waals surface area contributed by atoms with Gasteiger partial charge in [-0.05, 0) is 11.6 Å². The predicted octanol–water partition coefficient (Wildman–Crippen LogP) is -0.622. The lowest BCUT2D eigenvalue weighted by atomic mass is 10.2. The first-order valence-electron chi connectivity index (χ1n) is 7.87. The standard InChI is InChI=1S/C16H22ClN3O3/c17-14-5-2-1-4-13(14)12-19-16(22)15(21)18-6-3-7-20-8-10-23-11-9-20/h1-2,4-5H,3,6-12H2,(H,18,21)(H,19,22)/p+1. The molecule has 1 fully saturated rings. The third kappa shape index (κ3) is 6.17. The summed E-state index contributed by atoms with van der Waals surface area (Å²) >= 11 is 6.00. The summed E-state index contributed by atoms with van der Waals surface area (Å²) in [5.74, 6) is -1.24. The average molecular weight is 341 g/mol. The van der Waals surface area contributed by atoms with E-state index < -0.39 is 11.8 Å². The van der Waals surface area contributed by atoms with Crippen molar-refractivity contribution in [2.24, 2.45) is 0 Å². The second-order valence-corrected chi connectivity index (χ2v) is 5.90. The monoisotopic (exact) mass is 340 g/mol. The maximum atomic E-state index is 11.7. The molecule has 1 heterocycles. The van der Waals surface area contributed by atoms with E-state index in [1.54, 1.807) is 6.07 Å². The average Bonchev–Trinajstić information content (AvgIpc) is 2.58. The Kier molecular flexibility index (Phi) is 7.32. The van der Waals surface area contributed by atoms with Gasteiger partial charge in [-0.25, -0.2) is 0 Å². The molecule has 0 radical (unpaired) electrons. The van der Waals surface area contributed by atoms with Crippen LogP contribution in [0.15, 0.2) is 24.3 Å². The maximum Gasteiger partial charge on any atom is 0.309 e. The number of rotatable bonds is 6. The summed E-state index contributed by atoms with van der Waals surface area (Å²) in [5, 5.41) is 5.79. The molecule has 126 valence electrons. The SMILES string of the molecule is O=C(NCCC[NH+]1CCOCC1)C(=O)NCc1ccccc1Cl. The van der Waals surface area contributed by atoms with Gasteiger partial charge in [0.2, 0.25) is 0 Å². The molecule has 1 saturated heterocycles. The molecule has 1 aliphatic rings. The first-order valence-corrected chi connectivity index (χ1v) is 8.25. The molecule has 23 heavy (non-hydrogen) atoms. The zero-order valence-electron chi connectivity index (χ0n) is 13.1. The van der Waals surface area contributed by atoms with E-state index in [9.17, 15) is 9.59 Å². The van der Waals surface area contributed by atoms with E-state index in [0.717, 1.165) is 44.8 Å². The number of morpholine rings is 1. The largest absolute Gasteiger partial charge is 0.370 e. The number of carbonyl (C=O) groups excluding carboxylic acids is 2. The fourth-order valence-corrected chi connectivity index (χ4v) is 2.63. The van der Waals surface area contributed by atoms with Crippen molar-refractivity contribution in [3.05, 3.63) is 34.9 Å². The predicted molar refractivity (Wildman–Crippen MR) is 87.3 cm³/mol. The van der Waals surface area contributed by atoms with Crippen LogP contribution in [0.25, 0.3) is 0 Å². The van der Waals surface area contributed by atoms with Crippen LogP contribution in [0.4, 0.5) is 0 Å². The summed E-state index contributed by atoms with van der Waals surface area (Å²) < 4.78 is 5.29. The highest BCUT2D eigenvalue weighted by molar-refractivity contribution is 6.35. The molecule has 0 bridgehead atoms. The first-order chi connectivity index (χ1) is 11.2. The fraction of sp³-hybridized carbons (Fsp3) is 0.500. The van der Waals surface area contributed by atoms with Gasteiger partial charge >= 0.3 is 11.8 Å². The number of benzene rings is 1. The van der Waals surface area contributed by atoms with Gasteiger partial charge in [-0.2, -0.15) is 0 Å². The topological polar surface area (TPSA) is 71.9 Å². The molecule has 0 aromatic heterocycles. The number of quaternary nitrogens is 1. The molecule has 6 nitrogen and oxygen atoms in total. The minimum atomic E-state index is -0.636. The highest BCUT2D eigenvalue weighted by atomic mass is 35.5. The lowest BCUT2D eigenvalue weighted by Gasteiger charge is -2.23. The summed E-state index contributed by atoms with van der Waals surface area (Å²) in [6.07, 6.45) is 0.846. The second-order valence-electron chi connectivity index (χ2n) is 5.50. The van der Waals surface area contributed by atoms with Crippen molar-refractivity contribution in [1.29, 1.82) is 0 Å². The zero-order chi connectivity index (χ0) is 16.5. The normalized spacial score (nSPS) is 15.2. The Balaban J connectivity index is 1.61. The number of carbonyl (C=O) groups is 2. The van der Waals surface area contributed by atoms with Gasteiger partial charge in [0.05, 0.1) is 19.8 Å². The van der Waals surface area contributed by atoms with Crippen molar-refractivity contribution in [3.63, 3.8) is 0 Å². The molecule has 3 N–H and O–H groups in total. The van der Waals surface area contributed by atoms with Gasteiger partial charge in [-0.15, -0.1) is 0 Å². The summed E-state index contributed by atoms with van der Waals surface area (Å²) in [4.78, 5) is 24.9. The zero-order valence-corrected chi connectivity index (χ0v) is 13.8. The van der Waals surface area contributed by atoms with Crippen molar-refractivity contribution in [3.8, 4) is 0 Å². The molecule has 2 amide bonds. The van der Waals surface area contributed by atoms with Crippen molar-refractivity contribution < 1.29 is 19.2 Å². The lowest BCUT2D eigenvalue weighted by molar-refractivity contribution is -0.908. The minimum Gasteiger partial charge on any atom is -0.370 e. The van der Waals surface area contributed by atoms with Crippen LogP contribution in [-0.2, 0) is 20.9 Å². The smallest absolute Gasteiger partial charge is 0.309 e. The van der Waals surface area contributed by atoms with Crippen LogP contribution in [0.1, 0.15) is 12.0 Å². The van der Waals surface area contributed by atoms with E-state index in [4.69, 9.17) is 16.3 Å². The van der Waals surface area contributed by atoms with Crippen molar-refractivity contribution >= 4 is 23.4 Å². The molecule has 0 saturated carbocycles. The molecular weight excluding hydrogens is 318 g/mol. The molecule has 0 unspecified atom stereocenters. The minimum absolute atomic E-state index is 0.240. The van der Waals surface area contributed by atoms with E-state index in [1.807, 2.05) is 18.2 Å². The van der Waals surface area contributed by atoms with Crippen molar-refractivity contribution in [2.75, 3.05) is 39.4 Å². The van der Waals surface area contributed by atoms with Gasteiger partial charge in [0, 0.05) is 24.5 Å². The van der Waals surface area contributed by atoms with Crippen LogP contribution in [-0.4, -0.2) is 51.2 Å². The fourth-order valence-electron chi connectivity index (χ4n) is 2.43. The second kappa shape index (κ2) is 9.50. The van der Waals surface area contributed by atoms with Gasteiger partial charge in [0.25, 0.3) is 0 Å².